The van der Waals surface area contributed by atoms with Gasteiger partial charge in [-0.15, -0.1) is 0 Å². The summed E-state index contributed by atoms with van der Waals surface area (Å²) < 4.78 is 14.9. The van der Waals surface area contributed by atoms with E-state index in [2.05, 4.69) is 56.0 Å². The molecular formula is C28H27Br2N3O3. The fourth-order valence-electron chi connectivity index (χ4n) is 3.65. The van der Waals surface area contributed by atoms with Gasteiger partial charge >= 0.3 is 0 Å². The zero-order valence-corrected chi connectivity index (χ0v) is 23.8. The van der Waals surface area contributed by atoms with Crippen LogP contribution in [0.1, 0.15) is 49.2 Å². The van der Waals surface area contributed by atoms with Crippen LogP contribution in [-0.2, 0) is 6.61 Å². The average Bonchev–Trinajstić information content (AvgIpc) is 2.85. The molecular weight excluding hydrogens is 586 g/mol. The Hall–Kier alpha value is -2.97. The first-order valence-corrected chi connectivity index (χ1v) is 13.3. The first kappa shape index (κ1) is 26.1. The number of hydrogen-bond donors (Lipinski definition) is 0. The van der Waals surface area contributed by atoms with Crippen molar-refractivity contribution in [1.29, 1.82) is 0 Å². The molecule has 0 fully saturated rings. The minimum atomic E-state index is -0.222. The van der Waals surface area contributed by atoms with Gasteiger partial charge in [0.05, 0.1) is 23.7 Å². The van der Waals surface area contributed by atoms with Crippen molar-refractivity contribution in [3.8, 4) is 11.5 Å². The van der Waals surface area contributed by atoms with Crippen LogP contribution in [0.25, 0.3) is 10.9 Å². The van der Waals surface area contributed by atoms with Crippen LogP contribution in [0.2, 0.25) is 0 Å². The number of halogens is 2. The number of aromatic nitrogens is 2. The molecule has 0 saturated carbocycles. The van der Waals surface area contributed by atoms with Gasteiger partial charge in [-0.2, -0.15) is 9.78 Å². The molecule has 0 aliphatic rings. The number of rotatable bonds is 8. The maximum atomic E-state index is 13.3. The smallest absolute Gasteiger partial charge is 0.282 e. The van der Waals surface area contributed by atoms with E-state index in [1.54, 1.807) is 12.3 Å². The molecule has 0 unspecified atom stereocenters. The second-order valence-electron chi connectivity index (χ2n) is 8.68. The predicted octanol–water partition coefficient (Wildman–Crippen LogP) is 7.21. The zero-order chi connectivity index (χ0) is 25.8. The molecule has 4 aromatic rings. The number of fused-ring (bicyclic) bond motifs is 1. The third kappa shape index (κ3) is 5.87. The van der Waals surface area contributed by atoms with Gasteiger partial charge in [0.1, 0.15) is 12.4 Å². The highest BCUT2D eigenvalue weighted by atomic mass is 79.9. The molecule has 0 radical (unpaired) electrons. The van der Waals surface area contributed by atoms with Crippen LogP contribution in [0.5, 0.6) is 11.5 Å². The minimum absolute atomic E-state index is 0.00266. The van der Waals surface area contributed by atoms with Crippen molar-refractivity contribution >= 4 is 49.0 Å². The van der Waals surface area contributed by atoms with Crippen molar-refractivity contribution in [3.63, 3.8) is 0 Å². The van der Waals surface area contributed by atoms with E-state index >= 15 is 0 Å². The van der Waals surface area contributed by atoms with E-state index in [4.69, 9.17) is 14.5 Å². The molecule has 8 heteroatoms. The molecule has 0 bridgehead atoms. The summed E-state index contributed by atoms with van der Waals surface area (Å²) in [5, 5.41) is 5.05. The third-order valence-corrected chi connectivity index (χ3v) is 6.72. The maximum Gasteiger partial charge on any atom is 0.282 e. The molecule has 0 spiro atoms. The molecule has 1 heterocycles. The van der Waals surface area contributed by atoms with E-state index in [1.165, 1.54) is 10.2 Å². The Kier molecular flexibility index (Phi) is 8.26. The zero-order valence-electron chi connectivity index (χ0n) is 20.6. The number of hydrogen-bond acceptors (Lipinski definition) is 5. The van der Waals surface area contributed by atoms with Gasteiger partial charge in [-0.05, 0) is 65.7 Å². The molecule has 1 aromatic heterocycles. The second kappa shape index (κ2) is 11.4. The lowest BCUT2D eigenvalue weighted by Crippen LogP contribution is -2.23. The van der Waals surface area contributed by atoms with Crippen molar-refractivity contribution in [3.05, 3.63) is 96.4 Å². The lowest BCUT2D eigenvalue weighted by Gasteiger charge is -2.14. The van der Waals surface area contributed by atoms with Crippen molar-refractivity contribution < 1.29 is 9.47 Å². The van der Waals surface area contributed by atoms with Crippen LogP contribution >= 0.6 is 31.9 Å². The summed E-state index contributed by atoms with van der Waals surface area (Å²) in [6, 6.07) is 17.4. The molecule has 0 N–H and O–H groups in total. The van der Waals surface area contributed by atoms with Crippen LogP contribution in [0.3, 0.4) is 0 Å². The molecule has 0 saturated heterocycles. The normalized spacial score (nSPS) is 11.5. The van der Waals surface area contributed by atoms with Gasteiger partial charge in [0.15, 0.2) is 11.5 Å². The summed E-state index contributed by atoms with van der Waals surface area (Å²) in [6.07, 6.45) is 1.63. The van der Waals surface area contributed by atoms with Crippen molar-refractivity contribution in [2.24, 2.45) is 5.10 Å². The highest BCUT2D eigenvalue weighted by Gasteiger charge is 2.15. The highest BCUT2D eigenvalue weighted by molar-refractivity contribution is 9.10. The first-order valence-electron chi connectivity index (χ1n) is 11.7. The Morgan fingerprint density at radius 2 is 1.75 bits per heavy atom. The number of benzene rings is 3. The number of aryl methyl sites for hydroxylation is 1. The highest BCUT2D eigenvalue weighted by Crippen LogP contribution is 2.34. The second-order valence-corrected chi connectivity index (χ2v) is 10.4. The van der Waals surface area contributed by atoms with Crippen LogP contribution in [-0.4, -0.2) is 22.5 Å². The van der Waals surface area contributed by atoms with E-state index in [1.807, 2.05) is 57.2 Å². The topological polar surface area (TPSA) is 65.7 Å². The van der Waals surface area contributed by atoms with Gasteiger partial charge in [0.2, 0.25) is 0 Å². The van der Waals surface area contributed by atoms with Crippen LogP contribution < -0.4 is 15.0 Å². The molecule has 186 valence electrons. The van der Waals surface area contributed by atoms with E-state index in [9.17, 15) is 4.79 Å². The molecule has 0 aliphatic heterocycles. The van der Waals surface area contributed by atoms with Gasteiger partial charge in [0, 0.05) is 20.4 Å². The molecule has 4 rings (SSSR count). The Labute approximate surface area is 227 Å². The van der Waals surface area contributed by atoms with Crippen LogP contribution in [0.4, 0.5) is 0 Å². The molecule has 36 heavy (non-hydrogen) atoms. The fourth-order valence-corrected chi connectivity index (χ4v) is 4.43. The summed E-state index contributed by atoms with van der Waals surface area (Å²) >= 11 is 7.06. The number of nitrogens with zero attached hydrogens (tertiary/aromatic N) is 3. The monoisotopic (exact) mass is 611 g/mol. The molecule has 0 amide bonds. The fraction of sp³-hybridized carbons (Fsp3) is 0.250. The van der Waals surface area contributed by atoms with Crippen molar-refractivity contribution in [2.45, 2.75) is 40.2 Å². The third-order valence-electron chi connectivity index (χ3n) is 5.54. The minimum Gasteiger partial charge on any atom is -0.490 e. The Morgan fingerprint density at radius 3 is 2.44 bits per heavy atom. The van der Waals surface area contributed by atoms with E-state index in [0.717, 1.165) is 20.1 Å². The van der Waals surface area contributed by atoms with Crippen LogP contribution in [0, 0.1) is 6.92 Å². The molecule has 6 nitrogen and oxygen atoms in total. The summed E-state index contributed by atoms with van der Waals surface area (Å²) in [5.74, 6) is 1.82. The SMILES string of the molecule is CCOc1cc(C=Nn2c(C(C)C)nc3ccc(Br)cc3c2=O)c(Br)cc1OCc1ccc(C)cc1. The first-order chi connectivity index (χ1) is 17.3. The van der Waals surface area contributed by atoms with E-state index < -0.39 is 0 Å². The maximum absolute atomic E-state index is 13.3. The van der Waals surface area contributed by atoms with E-state index in [-0.39, 0.29) is 11.5 Å². The molecule has 0 aliphatic carbocycles. The van der Waals surface area contributed by atoms with Gasteiger partial charge in [0.25, 0.3) is 5.56 Å². The quantitative estimate of drug-likeness (QED) is 0.197. The Bertz CT molecular complexity index is 1480. The van der Waals surface area contributed by atoms with Gasteiger partial charge < -0.3 is 9.47 Å². The van der Waals surface area contributed by atoms with Gasteiger partial charge in [-0.1, -0.05) is 59.6 Å². The molecule has 3 aromatic carbocycles. The summed E-state index contributed by atoms with van der Waals surface area (Å²) in [5.41, 5.74) is 3.45. The van der Waals surface area contributed by atoms with E-state index in [0.29, 0.717) is 41.4 Å². The van der Waals surface area contributed by atoms with Crippen molar-refractivity contribution in [1.82, 2.24) is 9.66 Å². The standard InChI is InChI=1S/C28H27Br2N3O3/c1-5-35-25-12-20(23(30)14-26(25)36-16-19-8-6-18(4)7-9-19)15-31-33-27(17(2)3)32-24-11-10-21(29)13-22(24)28(33)34/h6-15,17H,5,16H2,1-4H3. The average molecular weight is 613 g/mol. The lowest BCUT2D eigenvalue weighted by molar-refractivity contribution is 0.269. The lowest BCUT2D eigenvalue weighted by atomic mass is 10.1. The van der Waals surface area contributed by atoms with Crippen LogP contribution in [0.15, 0.2) is 73.4 Å². The predicted molar refractivity (Wildman–Crippen MR) is 152 cm³/mol. The largest absolute Gasteiger partial charge is 0.490 e. The summed E-state index contributed by atoms with van der Waals surface area (Å²) in [6.45, 7) is 8.86. The van der Waals surface area contributed by atoms with Gasteiger partial charge in [-0.3, -0.25) is 4.79 Å². The molecule has 0 atom stereocenters. The Balaban J connectivity index is 1.70. The summed E-state index contributed by atoms with van der Waals surface area (Å²) in [4.78, 5) is 18.0. The summed E-state index contributed by atoms with van der Waals surface area (Å²) in [7, 11) is 0. The Morgan fingerprint density at radius 1 is 1.03 bits per heavy atom. The van der Waals surface area contributed by atoms with Crippen molar-refractivity contribution in [2.75, 3.05) is 6.61 Å². The number of ether oxygens (including phenoxy) is 2. The van der Waals surface area contributed by atoms with Gasteiger partial charge in [-0.25, -0.2) is 4.98 Å².